The number of piperidine rings is 1. The van der Waals surface area contributed by atoms with Crippen molar-refractivity contribution in [3.05, 3.63) is 72.3 Å². The van der Waals surface area contributed by atoms with Crippen LogP contribution in [0.1, 0.15) is 25.3 Å². The molecule has 2 aromatic heterocycles. The van der Waals surface area contributed by atoms with Crippen LogP contribution in [0.5, 0.6) is 0 Å². The fraction of sp³-hybridized carbons (Fsp3) is 0.280. The Labute approximate surface area is 171 Å². The first-order valence-corrected chi connectivity index (χ1v) is 10.5. The molecule has 0 radical (unpaired) electrons. The van der Waals surface area contributed by atoms with Crippen molar-refractivity contribution in [1.29, 1.82) is 0 Å². The minimum absolute atomic E-state index is 0.694. The predicted molar refractivity (Wildman–Crippen MR) is 119 cm³/mol. The minimum Gasteiger partial charge on any atom is -0.356 e. The Morgan fingerprint density at radius 2 is 1.66 bits per heavy atom. The van der Waals surface area contributed by atoms with E-state index in [2.05, 4.69) is 79.4 Å². The van der Waals surface area contributed by atoms with Crippen LogP contribution in [-0.4, -0.2) is 27.7 Å². The third-order valence-electron chi connectivity index (χ3n) is 5.81. The number of anilines is 1. The summed E-state index contributed by atoms with van der Waals surface area (Å²) in [5.74, 6) is 1.83. The van der Waals surface area contributed by atoms with E-state index in [1.165, 1.54) is 18.4 Å². The van der Waals surface area contributed by atoms with Crippen LogP contribution in [0.3, 0.4) is 0 Å². The first kappa shape index (κ1) is 17.9. The smallest absolute Gasteiger partial charge is 0.158 e. The molecule has 0 spiro atoms. The van der Waals surface area contributed by atoms with Crippen LogP contribution in [0.2, 0.25) is 0 Å². The van der Waals surface area contributed by atoms with Crippen LogP contribution in [0, 0.1) is 12.8 Å². The summed E-state index contributed by atoms with van der Waals surface area (Å²) in [5, 5.41) is 4.96. The molecule has 3 heterocycles. The molecule has 2 aromatic carbocycles. The van der Waals surface area contributed by atoms with E-state index in [-0.39, 0.29) is 0 Å². The highest BCUT2D eigenvalue weighted by molar-refractivity contribution is 5.71. The summed E-state index contributed by atoms with van der Waals surface area (Å²) in [6.07, 6.45) is 2.52. The number of rotatable bonds is 3. The number of hydrogen-bond acceptors (Lipinski definition) is 3. The van der Waals surface area contributed by atoms with Crippen LogP contribution >= 0.6 is 0 Å². The van der Waals surface area contributed by atoms with Crippen molar-refractivity contribution >= 4 is 11.5 Å². The van der Waals surface area contributed by atoms with E-state index >= 15 is 0 Å². The lowest BCUT2D eigenvalue weighted by atomic mass is 10.0. The predicted octanol–water partition coefficient (Wildman–Crippen LogP) is 5.61. The standard InChI is InChI=1S/C25H26N4/c1-18-10-12-21(13-11-18)23-15-24-26-22(20-8-4-3-5-9-20)16-25(29(24)27-23)28-14-6-7-19(2)17-28/h3-5,8-13,15-16,19H,6-7,14,17H2,1-2H3/t19-/m1/s1. The number of fused-ring (bicyclic) bond motifs is 1. The number of benzene rings is 2. The molecule has 1 aliphatic heterocycles. The molecule has 1 atom stereocenters. The van der Waals surface area contributed by atoms with Crippen LogP contribution in [0.25, 0.3) is 28.2 Å². The van der Waals surface area contributed by atoms with Gasteiger partial charge in [0.25, 0.3) is 0 Å². The van der Waals surface area contributed by atoms with E-state index in [1.54, 1.807) is 0 Å². The van der Waals surface area contributed by atoms with Crippen molar-refractivity contribution < 1.29 is 0 Å². The maximum absolute atomic E-state index is 4.96. The topological polar surface area (TPSA) is 33.4 Å². The van der Waals surface area contributed by atoms with Gasteiger partial charge in [-0.25, -0.2) is 4.98 Å². The van der Waals surface area contributed by atoms with E-state index in [1.807, 2.05) is 10.6 Å². The lowest BCUT2D eigenvalue weighted by molar-refractivity contribution is 0.442. The van der Waals surface area contributed by atoms with Gasteiger partial charge in [-0.3, -0.25) is 0 Å². The molecule has 1 fully saturated rings. The number of hydrogen-bond donors (Lipinski definition) is 0. The van der Waals surface area contributed by atoms with E-state index < -0.39 is 0 Å². The van der Waals surface area contributed by atoms with Crippen molar-refractivity contribution in [2.75, 3.05) is 18.0 Å². The van der Waals surface area contributed by atoms with Crippen molar-refractivity contribution in [1.82, 2.24) is 14.6 Å². The largest absolute Gasteiger partial charge is 0.356 e. The van der Waals surface area contributed by atoms with Crippen LogP contribution < -0.4 is 4.90 Å². The van der Waals surface area contributed by atoms with Gasteiger partial charge in [0, 0.05) is 36.3 Å². The molecule has 4 nitrogen and oxygen atoms in total. The minimum atomic E-state index is 0.694. The van der Waals surface area contributed by atoms with Gasteiger partial charge >= 0.3 is 0 Å². The first-order chi connectivity index (χ1) is 14.2. The third-order valence-corrected chi connectivity index (χ3v) is 5.81. The van der Waals surface area contributed by atoms with E-state index in [0.29, 0.717) is 5.92 Å². The Kier molecular flexibility index (Phi) is 4.55. The highest BCUT2D eigenvalue weighted by atomic mass is 15.4. The summed E-state index contributed by atoms with van der Waals surface area (Å²) in [7, 11) is 0. The van der Waals surface area contributed by atoms with Crippen LogP contribution in [0.4, 0.5) is 5.82 Å². The molecule has 4 heteroatoms. The molecule has 0 aliphatic carbocycles. The molecule has 0 amide bonds. The number of nitrogens with zero attached hydrogens (tertiary/aromatic N) is 4. The molecule has 1 aliphatic rings. The highest BCUT2D eigenvalue weighted by Gasteiger charge is 2.21. The van der Waals surface area contributed by atoms with Gasteiger partial charge in [-0.05, 0) is 25.7 Å². The Morgan fingerprint density at radius 3 is 2.41 bits per heavy atom. The summed E-state index contributed by atoms with van der Waals surface area (Å²) < 4.78 is 2.03. The lowest BCUT2D eigenvalue weighted by Gasteiger charge is -2.32. The Bertz CT molecular complexity index is 1130. The molecule has 5 rings (SSSR count). The summed E-state index contributed by atoms with van der Waals surface area (Å²) >= 11 is 0. The molecule has 146 valence electrons. The highest BCUT2D eigenvalue weighted by Crippen LogP contribution is 2.30. The maximum Gasteiger partial charge on any atom is 0.158 e. The second kappa shape index (κ2) is 7.36. The van der Waals surface area contributed by atoms with E-state index in [0.717, 1.165) is 47.1 Å². The van der Waals surface area contributed by atoms with Crippen molar-refractivity contribution in [2.45, 2.75) is 26.7 Å². The molecule has 0 unspecified atom stereocenters. The zero-order valence-electron chi connectivity index (χ0n) is 17.0. The molecule has 0 saturated carbocycles. The molecule has 0 bridgehead atoms. The van der Waals surface area contributed by atoms with Crippen LogP contribution in [-0.2, 0) is 0 Å². The van der Waals surface area contributed by atoms with E-state index in [9.17, 15) is 0 Å². The molecule has 4 aromatic rings. The molecule has 0 N–H and O–H groups in total. The monoisotopic (exact) mass is 382 g/mol. The van der Waals surface area contributed by atoms with Gasteiger partial charge in [-0.2, -0.15) is 9.61 Å². The molecule has 29 heavy (non-hydrogen) atoms. The van der Waals surface area contributed by atoms with Gasteiger partial charge in [-0.15, -0.1) is 0 Å². The summed E-state index contributed by atoms with van der Waals surface area (Å²) in [6, 6.07) is 23.3. The van der Waals surface area contributed by atoms with Gasteiger partial charge in [-0.1, -0.05) is 67.1 Å². The summed E-state index contributed by atoms with van der Waals surface area (Å²) in [4.78, 5) is 7.43. The molecule has 1 saturated heterocycles. The van der Waals surface area contributed by atoms with Gasteiger partial charge in [0.2, 0.25) is 0 Å². The average Bonchev–Trinajstić information content (AvgIpc) is 3.18. The zero-order chi connectivity index (χ0) is 19.8. The number of aryl methyl sites for hydroxylation is 1. The normalized spacial score (nSPS) is 17.0. The van der Waals surface area contributed by atoms with Crippen molar-refractivity contribution in [2.24, 2.45) is 5.92 Å². The fourth-order valence-corrected chi connectivity index (χ4v) is 4.20. The Balaban J connectivity index is 1.67. The molecular formula is C25H26N4. The average molecular weight is 383 g/mol. The van der Waals surface area contributed by atoms with Crippen LogP contribution in [0.15, 0.2) is 66.7 Å². The first-order valence-electron chi connectivity index (χ1n) is 10.5. The lowest BCUT2D eigenvalue weighted by Crippen LogP contribution is -2.35. The fourth-order valence-electron chi connectivity index (χ4n) is 4.20. The van der Waals surface area contributed by atoms with Gasteiger partial charge in [0.05, 0.1) is 11.4 Å². The quantitative estimate of drug-likeness (QED) is 0.462. The van der Waals surface area contributed by atoms with Gasteiger partial charge in [0.15, 0.2) is 5.65 Å². The number of aromatic nitrogens is 3. The zero-order valence-corrected chi connectivity index (χ0v) is 17.0. The Morgan fingerprint density at radius 1 is 0.897 bits per heavy atom. The summed E-state index contributed by atoms with van der Waals surface area (Å²) in [5.41, 5.74) is 6.38. The Hall–Kier alpha value is -3.14. The molecular weight excluding hydrogens is 356 g/mol. The maximum atomic E-state index is 4.96. The SMILES string of the molecule is Cc1ccc(-c2cc3nc(-c4ccccc4)cc(N4CCC[C@@H](C)C4)n3n2)cc1. The third kappa shape index (κ3) is 3.51. The second-order valence-electron chi connectivity index (χ2n) is 8.22. The van der Waals surface area contributed by atoms with Gasteiger partial charge < -0.3 is 4.90 Å². The van der Waals surface area contributed by atoms with Gasteiger partial charge in [0.1, 0.15) is 5.82 Å². The van der Waals surface area contributed by atoms with Crippen molar-refractivity contribution in [3.63, 3.8) is 0 Å². The second-order valence-corrected chi connectivity index (χ2v) is 8.22. The van der Waals surface area contributed by atoms with Crippen molar-refractivity contribution in [3.8, 4) is 22.5 Å². The summed E-state index contributed by atoms with van der Waals surface area (Å²) in [6.45, 7) is 6.57. The van der Waals surface area contributed by atoms with E-state index in [4.69, 9.17) is 10.1 Å².